The number of para-hydroxylation sites is 1. The summed E-state index contributed by atoms with van der Waals surface area (Å²) in [6.07, 6.45) is 7.15. The number of carbonyl (C=O) groups excluding carboxylic acids is 1. The second-order valence-corrected chi connectivity index (χ2v) is 8.47. The van der Waals surface area contributed by atoms with Crippen LogP contribution < -0.4 is 9.47 Å². The van der Waals surface area contributed by atoms with E-state index in [0.29, 0.717) is 31.0 Å². The second-order valence-electron chi connectivity index (χ2n) is 8.47. The fourth-order valence-electron chi connectivity index (χ4n) is 4.74. The molecular formula is C27H24N4O3. The van der Waals surface area contributed by atoms with Crippen LogP contribution in [0.1, 0.15) is 34.8 Å². The number of fused-ring (bicyclic) bond motifs is 1. The highest BCUT2D eigenvalue weighted by molar-refractivity contribution is 6.00. The maximum Gasteiger partial charge on any atom is 0.258 e. The predicted molar refractivity (Wildman–Crippen MR) is 127 cm³/mol. The van der Waals surface area contributed by atoms with Crippen molar-refractivity contribution in [3.8, 4) is 28.4 Å². The van der Waals surface area contributed by atoms with E-state index in [2.05, 4.69) is 4.98 Å². The molecule has 170 valence electrons. The molecule has 0 radical (unpaired) electrons. The van der Waals surface area contributed by atoms with Crippen molar-refractivity contribution in [2.45, 2.75) is 18.9 Å². The number of rotatable bonds is 4. The molecule has 4 heterocycles. The van der Waals surface area contributed by atoms with Crippen molar-refractivity contribution in [2.24, 2.45) is 0 Å². The Labute approximate surface area is 197 Å². The van der Waals surface area contributed by atoms with E-state index in [-0.39, 0.29) is 11.9 Å². The first kappa shape index (κ1) is 20.5. The number of ether oxygens (including phenoxy) is 2. The summed E-state index contributed by atoms with van der Waals surface area (Å²) in [4.78, 5) is 20.2. The quantitative estimate of drug-likeness (QED) is 0.450. The molecule has 2 aliphatic rings. The van der Waals surface area contributed by atoms with Gasteiger partial charge in [0.15, 0.2) is 11.5 Å². The molecule has 1 amide bonds. The monoisotopic (exact) mass is 452 g/mol. The summed E-state index contributed by atoms with van der Waals surface area (Å²) in [5.74, 6) is 1.48. The molecule has 7 heteroatoms. The molecule has 34 heavy (non-hydrogen) atoms. The van der Waals surface area contributed by atoms with Gasteiger partial charge in [-0.25, -0.2) is 4.68 Å². The van der Waals surface area contributed by atoms with Gasteiger partial charge in [-0.3, -0.25) is 9.78 Å². The van der Waals surface area contributed by atoms with E-state index in [9.17, 15) is 4.79 Å². The number of hydrogen-bond donors (Lipinski definition) is 0. The van der Waals surface area contributed by atoms with Crippen molar-refractivity contribution in [3.63, 3.8) is 0 Å². The fraction of sp³-hybridized carbons (Fsp3) is 0.222. The van der Waals surface area contributed by atoms with Crippen LogP contribution in [0.5, 0.6) is 11.5 Å². The van der Waals surface area contributed by atoms with Crippen molar-refractivity contribution in [1.82, 2.24) is 19.7 Å². The van der Waals surface area contributed by atoms with Gasteiger partial charge in [-0.15, -0.1) is 0 Å². The highest BCUT2D eigenvalue weighted by Gasteiger charge is 2.34. The Morgan fingerprint density at radius 1 is 0.971 bits per heavy atom. The number of hydrogen-bond acceptors (Lipinski definition) is 5. The maximum absolute atomic E-state index is 14.0. The molecule has 2 aliphatic heterocycles. The summed E-state index contributed by atoms with van der Waals surface area (Å²) in [6.45, 7) is 1.79. The van der Waals surface area contributed by atoms with E-state index < -0.39 is 0 Å². The summed E-state index contributed by atoms with van der Waals surface area (Å²) in [5.41, 5.74) is 3.98. The molecule has 7 nitrogen and oxygen atoms in total. The highest BCUT2D eigenvalue weighted by atomic mass is 16.6. The number of likely N-dealkylation sites (tertiary alicyclic amines) is 1. The zero-order valence-electron chi connectivity index (χ0n) is 18.6. The number of nitrogens with zero attached hydrogens (tertiary/aromatic N) is 4. The van der Waals surface area contributed by atoms with Crippen LogP contribution in [-0.4, -0.2) is 45.3 Å². The van der Waals surface area contributed by atoms with Gasteiger partial charge < -0.3 is 14.4 Å². The molecule has 0 unspecified atom stereocenters. The van der Waals surface area contributed by atoms with E-state index in [1.54, 1.807) is 17.1 Å². The molecule has 1 atom stereocenters. The van der Waals surface area contributed by atoms with E-state index in [1.807, 2.05) is 71.8 Å². The third kappa shape index (κ3) is 3.69. The van der Waals surface area contributed by atoms with Gasteiger partial charge in [-0.1, -0.05) is 24.3 Å². The van der Waals surface area contributed by atoms with Crippen LogP contribution >= 0.6 is 0 Å². The molecule has 0 N–H and O–H groups in total. The Bertz CT molecular complexity index is 1320. The largest absolute Gasteiger partial charge is 0.486 e. The highest BCUT2D eigenvalue weighted by Crippen LogP contribution is 2.39. The molecule has 2 aromatic heterocycles. The summed E-state index contributed by atoms with van der Waals surface area (Å²) in [7, 11) is 0. The molecule has 0 saturated carbocycles. The Kier molecular flexibility index (Phi) is 5.22. The molecule has 0 spiro atoms. The Balaban J connectivity index is 1.38. The first-order valence-electron chi connectivity index (χ1n) is 11.5. The molecule has 1 saturated heterocycles. The van der Waals surface area contributed by atoms with E-state index in [0.717, 1.165) is 41.2 Å². The third-order valence-corrected chi connectivity index (χ3v) is 6.37. The summed E-state index contributed by atoms with van der Waals surface area (Å²) < 4.78 is 13.2. The van der Waals surface area contributed by atoms with Crippen LogP contribution in [0, 0.1) is 0 Å². The van der Waals surface area contributed by atoms with Crippen molar-refractivity contribution in [1.29, 1.82) is 0 Å². The molecule has 2 aromatic carbocycles. The third-order valence-electron chi connectivity index (χ3n) is 6.37. The van der Waals surface area contributed by atoms with Crippen LogP contribution in [0.3, 0.4) is 0 Å². The lowest BCUT2D eigenvalue weighted by atomic mass is 10.0. The van der Waals surface area contributed by atoms with E-state index in [1.165, 1.54) is 0 Å². The van der Waals surface area contributed by atoms with Gasteiger partial charge in [0.05, 0.1) is 17.3 Å². The van der Waals surface area contributed by atoms with Gasteiger partial charge in [0, 0.05) is 30.7 Å². The number of carbonyl (C=O) groups is 1. The predicted octanol–water partition coefficient (Wildman–Crippen LogP) is 4.68. The van der Waals surface area contributed by atoms with Crippen LogP contribution in [-0.2, 0) is 0 Å². The normalized spacial score (nSPS) is 17.1. The van der Waals surface area contributed by atoms with Crippen molar-refractivity contribution < 1.29 is 14.3 Å². The van der Waals surface area contributed by atoms with Gasteiger partial charge in [0.1, 0.15) is 18.9 Å². The molecule has 0 aliphatic carbocycles. The second kappa shape index (κ2) is 8.67. The van der Waals surface area contributed by atoms with Crippen LogP contribution in [0.2, 0.25) is 0 Å². The molecule has 4 aromatic rings. The van der Waals surface area contributed by atoms with Crippen LogP contribution in [0.4, 0.5) is 0 Å². The average molecular weight is 453 g/mol. The lowest BCUT2D eigenvalue weighted by Crippen LogP contribution is -2.30. The topological polar surface area (TPSA) is 69.5 Å². The SMILES string of the molecule is O=C(c1cn(-c2ccccc2)nc1-c1cccnc1)N1CCC[C@@H]1c1ccc2c(c1)OCCO2. The Morgan fingerprint density at radius 2 is 1.82 bits per heavy atom. The molecule has 0 bridgehead atoms. The van der Waals surface area contributed by atoms with Crippen molar-refractivity contribution >= 4 is 5.91 Å². The lowest BCUT2D eigenvalue weighted by molar-refractivity contribution is 0.0736. The average Bonchev–Trinajstić information content (AvgIpc) is 3.57. The minimum atomic E-state index is -0.0292. The fourth-order valence-corrected chi connectivity index (χ4v) is 4.74. The molecule has 6 rings (SSSR count). The standard InChI is InChI=1S/C27H24N4O3/c32-27(30-13-5-9-23(30)19-10-11-24-25(16-19)34-15-14-33-24)22-18-31(21-7-2-1-3-8-21)29-26(22)20-6-4-12-28-17-20/h1-4,6-8,10-12,16-18,23H,5,9,13-15H2/t23-/m1/s1. The Hall–Kier alpha value is -4.13. The van der Waals surface area contributed by atoms with Gasteiger partial charge in [0.25, 0.3) is 5.91 Å². The zero-order chi connectivity index (χ0) is 22.9. The first-order valence-corrected chi connectivity index (χ1v) is 11.5. The smallest absolute Gasteiger partial charge is 0.258 e. The van der Waals surface area contributed by atoms with Crippen LogP contribution in [0.25, 0.3) is 16.9 Å². The maximum atomic E-state index is 14.0. The van der Waals surface area contributed by atoms with Gasteiger partial charge in [-0.2, -0.15) is 5.10 Å². The Morgan fingerprint density at radius 3 is 2.65 bits per heavy atom. The zero-order valence-corrected chi connectivity index (χ0v) is 18.6. The number of benzene rings is 2. The first-order chi connectivity index (χ1) is 16.8. The van der Waals surface area contributed by atoms with Crippen LogP contribution in [0.15, 0.2) is 79.3 Å². The number of amides is 1. The van der Waals surface area contributed by atoms with Crippen molar-refractivity contribution in [3.05, 3.63) is 90.4 Å². The van der Waals surface area contributed by atoms with E-state index >= 15 is 0 Å². The summed E-state index contributed by atoms with van der Waals surface area (Å²) in [5, 5.41) is 4.79. The number of pyridine rings is 1. The summed E-state index contributed by atoms with van der Waals surface area (Å²) in [6, 6.07) is 19.6. The molecule has 1 fully saturated rings. The van der Waals surface area contributed by atoms with Gasteiger partial charge in [0.2, 0.25) is 0 Å². The number of aromatic nitrogens is 3. The van der Waals surface area contributed by atoms with Gasteiger partial charge >= 0.3 is 0 Å². The minimum Gasteiger partial charge on any atom is -0.486 e. The molecular weight excluding hydrogens is 428 g/mol. The van der Waals surface area contributed by atoms with Gasteiger partial charge in [-0.05, 0) is 54.8 Å². The lowest BCUT2D eigenvalue weighted by Gasteiger charge is -2.26. The van der Waals surface area contributed by atoms with Crippen molar-refractivity contribution in [2.75, 3.05) is 19.8 Å². The summed E-state index contributed by atoms with van der Waals surface area (Å²) >= 11 is 0. The minimum absolute atomic E-state index is 0.0230. The van der Waals surface area contributed by atoms with E-state index in [4.69, 9.17) is 14.6 Å².